The van der Waals surface area contributed by atoms with Gasteiger partial charge in [0.15, 0.2) is 0 Å². The summed E-state index contributed by atoms with van der Waals surface area (Å²) in [5.74, 6) is -3.85. The van der Waals surface area contributed by atoms with Gasteiger partial charge in [0, 0.05) is 19.5 Å². The zero-order valence-electron chi connectivity index (χ0n) is 8.28. The quantitative estimate of drug-likeness (QED) is 0.473. The van der Waals surface area contributed by atoms with Crippen LogP contribution in [0.3, 0.4) is 0 Å². The van der Waals surface area contributed by atoms with Crippen molar-refractivity contribution in [3.05, 3.63) is 0 Å². The molecule has 1 aliphatic heterocycles. The van der Waals surface area contributed by atoms with E-state index in [2.05, 4.69) is 10.1 Å². The Morgan fingerprint density at radius 3 is 2.62 bits per heavy atom. The molecule has 0 amide bonds. The number of halogens is 2. The van der Waals surface area contributed by atoms with E-state index in [1.54, 1.807) is 4.72 Å². The van der Waals surface area contributed by atoms with Crippen LogP contribution in [0.15, 0.2) is 0 Å². The second kappa shape index (κ2) is 5.51. The van der Waals surface area contributed by atoms with Gasteiger partial charge in [-0.15, -0.1) is 0 Å². The summed E-state index contributed by atoms with van der Waals surface area (Å²) in [6, 6.07) is -0.476. The molecule has 1 fully saturated rings. The molecule has 0 aliphatic carbocycles. The van der Waals surface area contributed by atoms with Crippen LogP contribution in [-0.2, 0) is 19.6 Å². The Bertz CT molecular complexity index is 346. The third-order valence-corrected chi connectivity index (χ3v) is 3.06. The number of nitrogens with one attached hydrogen (secondary N) is 2. The highest BCUT2D eigenvalue weighted by atomic mass is 32.2. The summed E-state index contributed by atoms with van der Waals surface area (Å²) in [6.45, 7) is 0.210. The summed E-state index contributed by atoms with van der Waals surface area (Å²) in [6.07, 6.45) is 0.500. The van der Waals surface area contributed by atoms with Crippen LogP contribution in [0.5, 0.6) is 0 Å². The predicted octanol–water partition coefficient (Wildman–Crippen LogP) is -0.966. The smallest absolute Gasteiger partial charge is 0.350 e. The van der Waals surface area contributed by atoms with E-state index in [9.17, 15) is 22.0 Å². The summed E-state index contributed by atoms with van der Waals surface area (Å²) in [5, 5.41) is 2.70. The fraction of sp³-hybridized carbons (Fsp3) is 0.857. The SMILES string of the molecule is O=C1OCCC1NCCNS(=O)(=O)C(F)F. The Hall–Kier alpha value is -0.800. The van der Waals surface area contributed by atoms with Crippen molar-refractivity contribution in [1.82, 2.24) is 10.0 Å². The Balaban J connectivity index is 2.19. The predicted molar refractivity (Wildman–Crippen MR) is 50.3 cm³/mol. The number of carbonyl (C=O) groups excluding carboxylic acids is 1. The molecule has 0 saturated carbocycles. The molecule has 1 rings (SSSR count). The molecular weight excluding hydrogens is 246 g/mol. The molecule has 1 atom stereocenters. The molecule has 0 bridgehead atoms. The number of esters is 1. The van der Waals surface area contributed by atoms with E-state index in [1.807, 2.05) is 0 Å². The van der Waals surface area contributed by atoms with Crippen molar-refractivity contribution >= 4 is 16.0 Å². The molecule has 0 spiro atoms. The van der Waals surface area contributed by atoms with Gasteiger partial charge in [-0.2, -0.15) is 8.78 Å². The Morgan fingerprint density at radius 2 is 2.12 bits per heavy atom. The Kier molecular flexibility index (Phi) is 4.56. The van der Waals surface area contributed by atoms with Gasteiger partial charge in [-0.25, -0.2) is 13.1 Å². The van der Waals surface area contributed by atoms with Crippen molar-refractivity contribution in [2.45, 2.75) is 18.2 Å². The first-order chi connectivity index (χ1) is 7.43. The number of alkyl halides is 2. The van der Waals surface area contributed by atoms with Gasteiger partial charge < -0.3 is 10.1 Å². The van der Waals surface area contributed by atoms with Crippen LogP contribution in [0.4, 0.5) is 8.78 Å². The maximum atomic E-state index is 11.9. The van der Waals surface area contributed by atoms with Crippen molar-refractivity contribution in [3.63, 3.8) is 0 Å². The van der Waals surface area contributed by atoms with Crippen LogP contribution in [0, 0.1) is 0 Å². The van der Waals surface area contributed by atoms with E-state index < -0.39 is 27.8 Å². The van der Waals surface area contributed by atoms with E-state index in [0.717, 1.165) is 0 Å². The van der Waals surface area contributed by atoms with Gasteiger partial charge in [0.25, 0.3) is 10.0 Å². The third-order valence-electron chi connectivity index (χ3n) is 1.99. The average Bonchev–Trinajstić information content (AvgIpc) is 2.59. The number of ether oxygens (including phenoxy) is 1. The van der Waals surface area contributed by atoms with Gasteiger partial charge in [0.05, 0.1) is 6.61 Å². The van der Waals surface area contributed by atoms with Gasteiger partial charge in [-0.1, -0.05) is 0 Å². The molecule has 1 unspecified atom stereocenters. The fourth-order valence-corrected chi connectivity index (χ4v) is 1.70. The van der Waals surface area contributed by atoms with Gasteiger partial charge in [-0.3, -0.25) is 4.79 Å². The highest BCUT2D eigenvalue weighted by molar-refractivity contribution is 7.89. The molecular formula is C7H12F2N2O4S. The summed E-state index contributed by atoms with van der Waals surface area (Å²) in [5.41, 5.74) is 0. The van der Waals surface area contributed by atoms with E-state index in [0.29, 0.717) is 13.0 Å². The number of sulfonamides is 1. The van der Waals surface area contributed by atoms with Crippen LogP contribution in [0.25, 0.3) is 0 Å². The molecule has 0 aromatic carbocycles. The van der Waals surface area contributed by atoms with E-state index in [-0.39, 0.29) is 13.1 Å². The Labute approximate surface area is 91.4 Å². The molecule has 2 N–H and O–H groups in total. The summed E-state index contributed by atoms with van der Waals surface area (Å²) in [4.78, 5) is 10.9. The zero-order chi connectivity index (χ0) is 12.2. The zero-order valence-corrected chi connectivity index (χ0v) is 9.10. The van der Waals surface area contributed by atoms with Crippen LogP contribution in [-0.4, -0.2) is 45.9 Å². The first-order valence-electron chi connectivity index (χ1n) is 4.60. The molecule has 1 aliphatic rings. The van der Waals surface area contributed by atoms with E-state index in [1.165, 1.54) is 0 Å². The molecule has 1 heterocycles. The number of cyclic esters (lactones) is 1. The second-order valence-electron chi connectivity index (χ2n) is 3.16. The lowest BCUT2D eigenvalue weighted by Crippen LogP contribution is -2.40. The van der Waals surface area contributed by atoms with Gasteiger partial charge in [-0.05, 0) is 0 Å². The van der Waals surface area contributed by atoms with Crippen LogP contribution < -0.4 is 10.0 Å². The minimum atomic E-state index is -4.55. The molecule has 0 radical (unpaired) electrons. The second-order valence-corrected chi connectivity index (χ2v) is 4.90. The van der Waals surface area contributed by atoms with Crippen LogP contribution >= 0.6 is 0 Å². The molecule has 94 valence electrons. The first-order valence-corrected chi connectivity index (χ1v) is 6.15. The molecule has 16 heavy (non-hydrogen) atoms. The molecule has 9 heteroatoms. The van der Waals surface area contributed by atoms with Crippen molar-refractivity contribution in [2.75, 3.05) is 19.7 Å². The van der Waals surface area contributed by atoms with Gasteiger partial charge in [0.1, 0.15) is 6.04 Å². The third kappa shape index (κ3) is 3.65. The van der Waals surface area contributed by atoms with Crippen molar-refractivity contribution in [2.24, 2.45) is 0 Å². The minimum Gasteiger partial charge on any atom is -0.464 e. The number of rotatable bonds is 6. The molecule has 0 aromatic rings. The van der Waals surface area contributed by atoms with Gasteiger partial charge >= 0.3 is 11.7 Å². The minimum absolute atomic E-state index is 0.0890. The summed E-state index contributed by atoms with van der Waals surface area (Å²) in [7, 11) is -4.55. The standard InChI is InChI=1S/C7H12F2N2O4S/c8-7(9)16(13,14)11-3-2-10-5-1-4-15-6(5)12/h5,7,10-11H,1-4H2. The van der Waals surface area contributed by atoms with Gasteiger partial charge in [0.2, 0.25) is 0 Å². The number of hydrogen-bond donors (Lipinski definition) is 2. The van der Waals surface area contributed by atoms with Crippen molar-refractivity contribution in [1.29, 1.82) is 0 Å². The van der Waals surface area contributed by atoms with Crippen molar-refractivity contribution in [3.8, 4) is 0 Å². The summed E-state index contributed by atoms with van der Waals surface area (Å²) < 4.78 is 51.3. The average molecular weight is 258 g/mol. The number of hydrogen-bond acceptors (Lipinski definition) is 5. The highest BCUT2D eigenvalue weighted by Gasteiger charge is 2.26. The molecule has 0 aromatic heterocycles. The Morgan fingerprint density at radius 1 is 1.44 bits per heavy atom. The normalized spacial score (nSPS) is 21.4. The van der Waals surface area contributed by atoms with Crippen LogP contribution in [0.2, 0.25) is 0 Å². The maximum Gasteiger partial charge on any atom is 0.350 e. The molecule has 1 saturated heterocycles. The topological polar surface area (TPSA) is 84.5 Å². The lowest BCUT2D eigenvalue weighted by molar-refractivity contribution is -0.139. The van der Waals surface area contributed by atoms with E-state index in [4.69, 9.17) is 0 Å². The van der Waals surface area contributed by atoms with E-state index >= 15 is 0 Å². The maximum absolute atomic E-state index is 11.9. The monoisotopic (exact) mass is 258 g/mol. The first kappa shape index (κ1) is 13.3. The van der Waals surface area contributed by atoms with Crippen molar-refractivity contribution < 1.29 is 26.7 Å². The summed E-state index contributed by atoms with van der Waals surface area (Å²) >= 11 is 0. The fourth-order valence-electron chi connectivity index (χ4n) is 1.18. The highest BCUT2D eigenvalue weighted by Crippen LogP contribution is 2.05. The number of carbonyl (C=O) groups is 1. The lowest BCUT2D eigenvalue weighted by Gasteiger charge is -2.09. The molecule has 6 nitrogen and oxygen atoms in total. The lowest BCUT2D eigenvalue weighted by atomic mass is 10.2. The van der Waals surface area contributed by atoms with Crippen LogP contribution in [0.1, 0.15) is 6.42 Å². The largest absolute Gasteiger partial charge is 0.464 e.